The van der Waals surface area contributed by atoms with E-state index in [2.05, 4.69) is 11.1 Å². The van der Waals surface area contributed by atoms with E-state index in [1.165, 1.54) is 16.9 Å². The number of nitrogens with zero attached hydrogens (tertiary/aromatic N) is 2. The van der Waals surface area contributed by atoms with Crippen LogP contribution in [0.1, 0.15) is 34.4 Å². The molecule has 1 aliphatic rings. The van der Waals surface area contributed by atoms with Gasteiger partial charge in [-0.25, -0.2) is 0 Å². The van der Waals surface area contributed by atoms with Crippen molar-refractivity contribution in [2.24, 2.45) is 0 Å². The molecule has 4 rings (SSSR count). The van der Waals surface area contributed by atoms with Crippen molar-refractivity contribution in [3.63, 3.8) is 0 Å². The van der Waals surface area contributed by atoms with Gasteiger partial charge in [-0.05, 0) is 43.7 Å². The third-order valence-electron chi connectivity index (χ3n) is 4.14. The monoisotopic (exact) mass is 283 g/mol. The molecule has 0 bridgehead atoms. The quantitative estimate of drug-likeness (QED) is 0.689. The van der Waals surface area contributed by atoms with Gasteiger partial charge in [0.25, 0.3) is 5.56 Å². The summed E-state index contributed by atoms with van der Waals surface area (Å²) in [7, 11) is 0. The highest BCUT2D eigenvalue weighted by molar-refractivity contribution is 7.18. The first-order valence-electron chi connectivity index (χ1n) is 6.79. The fraction of sp³-hybridized carbons (Fsp3) is 0.333. The first-order valence-corrected chi connectivity index (χ1v) is 7.60. The third-order valence-corrected chi connectivity index (χ3v) is 5.43. The Morgan fingerprint density at radius 3 is 3.00 bits per heavy atom. The maximum Gasteiger partial charge on any atom is 0.260 e. The van der Waals surface area contributed by atoms with Crippen LogP contribution in [0.4, 0.5) is 0 Å². The lowest BCUT2D eigenvalue weighted by atomic mass is 9.97. The maximum atomic E-state index is 12.4. The molecule has 100 valence electrons. The normalized spacial score (nSPS) is 14.6. The molecule has 0 unspecified atom stereocenters. The lowest BCUT2D eigenvalue weighted by Gasteiger charge is -2.09. The molecular formula is C15H13N3OS. The summed E-state index contributed by atoms with van der Waals surface area (Å²) >= 11 is 1.71. The van der Waals surface area contributed by atoms with Crippen molar-refractivity contribution in [2.75, 3.05) is 0 Å². The number of H-pyrrole nitrogens is 1. The Morgan fingerprint density at radius 1 is 1.40 bits per heavy atom. The van der Waals surface area contributed by atoms with E-state index in [0.29, 0.717) is 11.2 Å². The van der Waals surface area contributed by atoms with Crippen LogP contribution in [0.3, 0.4) is 0 Å². The maximum absolute atomic E-state index is 12.4. The predicted octanol–water partition coefficient (Wildman–Crippen LogP) is 2.90. The fourth-order valence-electron chi connectivity index (χ4n) is 3.18. The zero-order valence-electron chi connectivity index (χ0n) is 11.1. The molecule has 1 N–H and O–H groups in total. The number of aryl methyl sites for hydroxylation is 3. The number of thiophene rings is 1. The van der Waals surface area contributed by atoms with E-state index in [1.54, 1.807) is 11.3 Å². The summed E-state index contributed by atoms with van der Waals surface area (Å²) in [6, 6.07) is 2.19. The molecular weight excluding hydrogens is 270 g/mol. The van der Waals surface area contributed by atoms with Crippen molar-refractivity contribution in [2.45, 2.75) is 32.6 Å². The smallest absolute Gasteiger partial charge is 0.260 e. The van der Waals surface area contributed by atoms with Gasteiger partial charge in [0.05, 0.1) is 10.9 Å². The Morgan fingerprint density at radius 2 is 2.20 bits per heavy atom. The average Bonchev–Trinajstić information content (AvgIpc) is 2.96. The van der Waals surface area contributed by atoms with Crippen LogP contribution in [-0.4, -0.2) is 9.38 Å². The average molecular weight is 283 g/mol. The van der Waals surface area contributed by atoms with Gasteiger partial charge in [-0.15, -0.1) is 11.3 Å². The first kappa shape index (κ1) is 11.7. The molecule has 1 aliphatic carbocycles. The second kappa shape index (κ2) is 3.97. The van der Waals surface area contributed by atoms with Gasteiger partial charge in [0.2, 0.25) is 0 Å². The van der Waals surface area contributed by atoms with E-state index in [1.807, 2.05) is 17.5 Å². The summed E-state index contributed by atoms with van der Waals surface area (Å²) in [4.78, 5) is 17.7. The highest BCUT2D eigenvalue weighted by Crippen LogP contribution is 2.35. The Hall–Kier alpha value is -2.06. The summed E-state index contributed by atoms with van der Waals surface area (Å²) in [6.07, 6.45) is 6.38. The van der Waals surface area contributed by atoms with E-state index in [9.17, 15) is 10.1 Å². The molecule has 5 heteroatoms. The number of fused-ring (bicyclic) bond motifs is 5. The highest BCUT2D eigenvalue weighted by Gasteiger charge is 2.21. The van der Waals surface area contributed by atoms with Crippen molar-refractivity contribution < 1.29 is 0 Å². The van der Waals surface area contributed by atoms with Gasteiger partial charge < -0.3 is 4.98 Å². The molecule has 0 saturated heterocycles. The van der Waals surface area contributed by atoms with E-state index < -0.39 is 0 Å². The first-order chi connectivity index (χ1) is 9.70. The molecule has 0 aliphatic heterocycles. The van der Waals surface area contributed by atoms with Gasteiger partial charge in [0.15, 0.2) is 0 Å². The van der Waals surface area contributed by atoms with Gasteiger partial charge in [0.1, 0.15) is 16.5 Å². The van der Waals surface area contributed by atoms with Crippen LogP contribution in [0, 0.1) is 18.3 Å². The number of aromatic nitrogens is 2. The van der Waals surface area contributed by atoms with Crippen molar-refractivity contribution in [1.29, 1.82) is 5.26 Å². The molecule has 3 aromatic heterocycles. The minimum Gasteiger partial charge on any atom is -0.306 e. The summed E-state index contributed by atoms with van der Waals surface area (Å²) in [5.74, 6) is 0. The van der Waals surface area contributed by atoms with Gasteiger partial charge >= 0.3 is 0 Å². The highest BCUT2D eigenvalue weighted by atomic mass is 32.1. The van der Waals surface area contributed by atoms with Crippen LogP contribution in [0.25, 0.3) is 15.9 Å². The third kappa shape index (κ3) is 1.37. The van der Waals surface area contributed by atoms with Gasteiger partial charge in [-0.2, -0.15) is 5.26 Å². The van der Waals surface area contributed by atoms with Crippen LogP contribution in [0.15, 0.2) is 11.0 Å². The number of nitriles is 1. The Kier molecular flexibility index (Phi) is 2.33. The number of hydrogen-bond donors (Lipinski definition) is 1. The molecule has 20 heavy (non-hydrogen) atoms. The zero-order chi connectivity index (χ0) is 13.9. The van der Waals surface area contributed by atoms with Crippen LogP contribution in [-0.2, 0) is 12.8 Å². The standard InChI is InChI=1S/C15H13N3OS/c1-8-7-18-13(10(8)6-16)17-14(19)12-9-4-2-3-5-11(9)20-15(12)18/h7H,2-5H2,1H3,(H,17,19). The number of aromatic amines is 1. The topological polar surface area (TPSA) is 61.1 Å². The molecule has 0 fully saturated rings. The number of rotatable bonds is 0. The molecule has 4 nitrogen and oxygen atoms in total. The summed E-state index contributed by atoms with van der Waals surface area (Å²) in [5, 5.41) is 10.1. The minimum absolute atomic E-state index is 0.0542. The second-order valence-corrected chi connectivity index (χ2v) is 6.45. The van der Waals surface area contributed by atoms with Crippen molar-refractivity contribution in [3.05, 3.63) is 38.1 Å². The number of hydrogen-bond acceptors (Lipinski definition) is 3. The Balaban J connectivity index is 2.24. The van der Waals surface area contributed by atoms with E-state index in [-0.39, 0.29) is 5.56 Å². The fourth-order valence-corrected chi connectivity index (χ4v) is 4.55. The van der Waals surface area contributed by atoms with Crippen LogP contribution in [0.2, 0.25) is 0 Å². The van der Waals surface area contributed by atoms with Gasteiger partial charge in [-0.3, -0.25) is 9.20 Å². The minimum atomic E-state index is -0.0542. The summed E-state index contributed by atoms with van der Waals surface area (Å²) in [5.41, 5.74) is 3.27. The van der Waals surface area contributed by atoms with Gasteiger partial charge in [-0.1, -0.05) is 0 Å². The van der Waals surface area contributed by atoms with Gasteiger partial charge in [0, 0.05) is 11.1 Å². The van der Waals surface area contributed by atoms with Crippen LogP contribution in [0.5, 0.6) is 0 Å². The van der Waals surface area contributed by atoms with Crippen molar-refractivity contribution in [3.8, 4) is 6.07 Å². The molecule has 0 spiro atoms. The molecule has 3 aromatic rings. The predicted molar refractivity (Wildman–Crippen MR) is 79.5 cm³/mol. The Labute approximate surface area is 119 Å². The van der Waals surface area contributed by atoms with Crippen molar-refractivity contribution in [1.82, 2.24) is 9.38 Å². The largest absolute Gasteiger partial charge is 0.306 e. The van der Waals surface area contributed by atoms with Crippen molar-refractivity contribution >= 4 is 27.2 Å². The molecule has 0 radical (unpaired) electrons. The zero-order valence-corrected chi connectivity index (χ0v) is 11.9. The van der Waals surface area contributed by atoms with E-state index in [0.717, 1.165) is 35.0 Å². The lowest BCUT2D eigenvalue weighted by Crippen LogP contribution is -2.11. The van der Waals surface area contributed by atoms with Crippen LogP contribution >= 0.6 is 11.3 Å². The van der Waals surface area contributed by atoms with E-state index >= 15 is 0 Å². The molecule has 0 amide bonds. The molecule has 0 atom stereocenters. The second-order valence-electron chi connectivity index (χ2n) is 5.36. The summed E-state index contributed by atoms with van der Waals surface area (Å²) in [6.45, 7) is 1.91. The molecule has 0 saturated carbocycles. The number of nitrogens with one attached hydrogen (secondary N) is 1. The SMILES string of the molecule is Cc1cn2c([nH]c(=O)c3c4c(sc32)CCCC4)c1C#N. The molecule has 3 heterocycles. The summed E-state index contributed by atoms with van der Waals surface area (Å²) < 4.78 is 1.98. The lowest BCUT2D eigenvalue weighted by molar-refractivity contribution is 0.700. The molecule has 0 aromatic carbocycles. The Bertz CT molecular complexity index is 952. The van der Waals surface area contributed by atoms with Crippen LogP contribution < -0.4 is 5.56 Å². The van der Waals surface area contributed by atoms with E-state index in [4.69, 9.17) is 0 Å².